The minimum Gasteiger partial charge on any atom is -0.331 e. The Balaban J connectivity index is 2.76. The standard InChI is InChI=1S/C11H12IN3/c12-11-5-3-9(4-6-11)1-2-10(7-13)8-15-14/h1-8,13,15H,14H2/b2-1+,10-8-,13-7?. The van der Waals surface area contributed by atoms with Crippen LogP contribution in [-0.4, -0.2) is 6.21 Å². The maximum atomic E-state index is 7.12. The number of hydrogen-bond donors (Lipinski definition) is 3. The summed E-state index contributed by atoms with van der Waals surface area (Å²) in [5.41, 5.74) is 4.21. The van der Waals surface area contributed by atoms with Gasteiger partial charge in [-0.05, 0) is 40.3 Å². The summed E-state index contributed by atoms with van der Waals surface area (Å²) >= 11 is 2.26. The Morgan fingerprint density at radius 1 is 1.33 bits per heavy atom. The Kier molecular flexibility index (Phi) is 5.06. The van der Waals surface area contributed by atoms with Crippen molar-refractivity contribution in [3.63, 3.8) is 0 Å². The molecule has 0 amide bonds. The van der Waals surface area contributed by atoms with Crippen LogP contribution >= 0.6 is 22.6 Å². The molecule has 4 N–H and O–H groups in total. The second kappa shape index (κ2) is 6.36. The number of hydrogen-bond acceptors (Lipinski definition) is 3. The molecule has 0 unspecified atom stereocenters. The van der Waals surface area contributed by atoms with Gasteiger partial charge in [0, 0.05) is 21.6 Å². The van der Waals surface area contributed by atoms with Crippen molar-refractivity contribution < 1.29 is 0 Å². The van der Waals surface area contributed by atoms with E-state index in [0.29, 0.717) is 0 Å². The molecule has 1 aromatic rings. The highest BCUT2D eigenvalue weighted by atomic mass is 127. The predicted octanol–water partition coefficient (Wildman–Crippen LogP) is 2.30. The molecule has 1 aromatic carbocycles. The van der Waals surface area contributed by atoms with Crippen molar-refractivity contribution in [2.75, 3.05) is 0 Å². The van der Waals surface area contributed by atoms with E-state index < -0.39 is 0 Å². The third-order valence-corrected chi connectivity index (χ3v) is 2.47. The van der Waals surface area contributed by atoms with Gasteiger partial charge in [0.1, 0.15) is 0 Å². The lowest BCUT2D eigenvalue weighted by atomic mass is 10.2. The Morgan fingerprint density at radius 3 is 2.53 bits per heavy atom. The molecule has 0 aliphatic rings. The average molecular weight is 313 g/mol. The highest BCUT2D eigenvalue weighted by molar-refractivity contribution is 14.1. The van der Waals surface area contributed by atoms with E-state index in [-0.39, 0.29) is 0 Å². The number of hydrazine groups is 1. The summed E-state index contributed by atoms with van der Waals surface area (Å²) in [6.07, 6.45) is 6.57. The molecule has 15 heavy (non-hydrogen) atoms. The first-order valence-electron chi connectivity index (χ1n) is 4.36. The Bertz CT molecular complexity index is 379. The van der Waals surface area contributed by atoms with Gasteiger partial charge in [0.05, 0.1) is 0 Å². The number of rotatable bonds is 4. The molecule has 0 heterocycles. The topological polar surface area (TPSA) is 61.9 Å². The highest BCUT2D eigenvalue weighted by Gasteiger charge is 1.88. The minimum atomic E-state index is 0.719. The van der Waals surface area contributed by atoms with E-state index in [1.807, 2.05) is 36.4 Å². The number of benzene rings is 1. The Morgan fingerprint density at radius 2 is 2.00 bits per heavy atom. The van der Waals surface area contributed by atoms with Crippen molar-refractivity contribution in [3.05, 3.63) is 51.2 Å². The van der Waals surface area contributed by atoms with E-state index in [9.17, 15) is 0 Å². The summed E-state index contributed by atoms with van der Waals surface area (Å²) in [7, 11) is 0. The fourth-order valence-corrected chi connectivity index (χ4v) is 1.36. The second-order valence-electron chi connectivity index (χ2n) is 2.84. The van der Waals surface area contributed by atoms with Gasteiger partial charge >= 0.3 is 0 Å². The summed E-state index contributed by atoms with van der Waals surface area (Å²) in [4.78, 5) is 0. The molecule has 0 atom stereocenters. The van der Waals surface area contributed by atoms with Gasteiger partial charge in [0.15, 0.2) is 0 Å². The predicted molar refractivity (Wildman–Crippen MR) is 72.4 cm³/mol. The van der Waals surface area contributed by atoms with Crippen LogP contribution in [0.4, 0.5) is 0 Å². The lowest BCUT2D eigenvalue weighted by Gasteiger charge is -1.95. The molecule has 4 heteroatoms. The van der Waals surface area contributed by atoms with Crippen LogP contribution in [-0.2, 0) is 0 Å². The fourth-order valence-electron chi connectivity index (χ4n) is 1.00. The quantitative estimate of drug-likeness (QED) is 0.263. The van der Waals surface area contributed by atoms with Gasteiger partial charge < -0.3 is 10.8 Å². The molecule has 1 rings (SSSR count). The first-order valence-corrected chi connectivity index (χ1v) is 5.44. The largest absolute Gasteiger partial charge is 0.331 e. The molecular weight excluding hydrogens is 301 g/mol. The number of nitrogens with two attached hydrogens (primary N) is 1. The van der Waals surface area contributed by atoms with Crippen LogP contribution in [0.1, 0.15) is 5.56 Å². The molecule has 0 radical (unpaired) electrons. The Hall–Kier alpha value is -1.14. The van der Waals surface area contributed by atoms with Gasteiger partial charge in [0.25, 0.3) is 0 Å². The maximum absolute atomic E-state index is 7.12. The first-order chi connectivity index (χ1) is 7.26. The van der Waals surface area contributed by atoms with Crippen LogP contribution < -0.4 is 11.3 Å². The van der Waals surface area contributed by atoms with E-state index in [1.54, 1.807) is 6.20 Å². The molecular formula is C11H12IN3. The number of allylic oxidation sites excluding steroid dienone is 2. The van der Waals surface area contributed by atoms with Gasteiger partial charge in [0.2, 0.25) is 0 Å². The maximum Gasteiger partial charge on any atom is 0.0265 e. The van der Waals surface area contributed by atoms with E-state index in [4.69, 9.17) is 11.3 Å². The highest BCUT2D eigenvalue weighted by Crippen LogP contribution is 2.08. The molecule has 0 saturated carbocycles. The first kappa shape index (κ1) is 11.9. The van der Waals surface area contributed by atoms with Crippen molar-refractivity contribution in [2.24, 2.45) is 5.84 Å². The number of nitrogens with one attached hydrogen (secondary N) is 2. The van der Waals surface area contributed by atoms with Gasteiger partial charge in [-0.2, -0.15) is 0 Å². The molecule has 0 aromatic heterocycles. The van der Waals surface area contributed by atoms with Gasteiger partial charge in [-0.15, -0.1) is 0 Å². The second-order valence-corrected chi connectivity index (χ2v) is 4.09. The molecule has 0 bridgehead atoms. The van der Waals surface area contributed by atoms with E-state index >= 15 is 0 Å². The summed E-state index contributed by atoms with van der Waals surface area (Å²) in [5, 5.41) is 7.12. The zero-order valence-corrected chi connectivity index (χ0v) is 10.2. The van der Waals surface area contributed by atoms with Gasteiger partial charge in [-0.1, -0.05) is 24.3 Å². The van der Waals surface area contributed by atoms with Crippen molar-refractivity contribution >= 4 is 34.9 Å². The van der Waals surface area contributed by atoms with Gasteiger partial charge in [-0.25, -0.2) is 0 Å². The zero-order chi connectivity index (χ0) is 11.1. The van der Waals surface area contributed by atoms with Crippen LogP contribution in [0.25, 0.3) is 6.08 Å². The van der Waals surface area contributed by atoms with Crippen LogP contribution in [0, 0.1) is 8.98 Å². The monoisotopic (exact) mass is 313 g/mol. The molecule has 78 valence electrons. The molecule has 0 saturated heterocycles. The summed E-state index contributed by atoms with van der Waals surface area (Å²) < 4.78 is 1.20. The van der Waals surface area contributed by atoms with Crippen LogP contribution in [0.2, 0.25) is 0 Å². The fraction of sp³-hybridized carbons (Fsp3) is 0. The minimum absolute atomic E-state index is 0.719. The average Bonchev–Trinajstić information content (AvgIpc) is 2.26. The van der Waals surface area contributed by atoms with Crippen molar-refractivity contribution in [1.82, 2.24) is 5.43 Å². The molecule has 0 fully saturated rings. The third kappa shape index (κ3) is 4.26. The van der Waals surface area contributed by atoms with Crippen molar-refractivity contribution in [3.8, 4) is 0 Å². The molecule has 0 spiro atoms. The lowest BCUT2D eigenvalue weighted by Crippen LogP contribution is -2.14. The smallest absolute Gasteiger partial charge is 0.0265 e. The summed E-state index contributed by atoms with van der Waals surface area (Å²) in [5.74, 6) is 5.13. The van der Waals surface area contributed by atoms with E-state index in [0.717, 1.165) is 11.1 Å². The van der Waals surface area contributed by atoms with Crippen molar-refractivity contribution in [1.29, 1.82) is 5.41 Å². The van der Waals surface area contributed by atoms with E-state index in [2.05, 4.69) is 28.0 Å². The molecule has 0 aliphatic carbocycles. The van der Waals surface area contributed by atoms with Crippen LogP contribution in [0.15, 0.2) is 42.1 Å². The SMILES string of the molecule is N=CC(=C\NN)/C=C/c1ccc(I)cc1. The molecule has 3 nitrogen and oxygen atoms in total. The van der Waals surface area contributed by atoms with Crippen LogP contribution in [0.3, 0.4) is 0 Å². The zero-order valence-electron chi connectivity index (χ0n) is 8.07. The third-order valence-electron chi connectivity index (χ3n) is 1.75. The summed E-state index contributed by atoms with van der Waals surface area (Å²) in [6.45, 7) is 0. The molecule has 0 aliphatic heterocycles. The lowest BCUT2D eigenvalue weighted by molar-refractivity contribution is 0.964. The van der Waals surface area contributed by atoms with Gasteiger partial charge in [-0.3, -0.25) is 5.84 Å². The Labute approximate surface area is 103 Å². The van der Waals surface area contributed by atoms with E-state index in [1.165, 1.54) is 9.78 Å². The normalized spacial score (nSPS) is 11.7. The summed E-state index contributed by atoms with van der Waals surface area (Å²) in [6, 6.07) is 8.12. The van der Waals surface area contributed by atoms with Crippen LogP contribution in [0.5, 0.6) is 0 Å². The number of halogens is 1. The van der Waals surface area contributed by atoms with Crippen molar-refractivity contribution in [2.45, 2.75) is 0 Å².